The molecule has 0 bridgehead atoms. The van der Waals surface area contributed by atoms with E-state index < -0.39 is 22.9 Å². The van der Waals surface area contributed by atoms with Crippen molar-refractivity contribution in [2.75, 3.05) is 25.2 Å². The standard InChI is InChI=1S/C12H15N3O5/c1-7-3-9(15(18)19)11(13-4-7)14(2)10-6-20-5-8(10)12(16)17/h3-4,8,10H,5-6H2,1-2H3,(H,16,17). The van der Waals surface area contributed by atoms with Crippen molar-refractivity contribution in [2.24, 2.45) is 5.92 Å². The summed E-state index contributed by atoms with van der Waals surface area (Å²) in [6, 6.07) is 0.950. The number of aromatic nitrogens is 1. The molecule has 2 rings (SSSR count). The average Bonchev–Trinajstić information content (AvgIpc) is 2.87. The molecule has 0 amide bonds. The van der Waals surface area contributed by atoms with Gasteiger partial charge in [0.1, 0.15) is 5.92 Å². The molecule has 1 aromatic rings. The Morgan fingerprint density at radius 3 is 2.90 bits per heavy atom. The van der Waals surface area contributed by atoms with Gasteiger partial charge in [-0.1, -0.05) is 0 Å². The summed E-state index contributed by atoms with van der Waals surface area (Å²) in [5.74, 6) is -1.54. The van der Waals surface area contributed by atoms with Crippen LogP contribution in [0.5, 0.6) is 0 Å². The minimum absolute atomic E-state index is 0.101. The molecule has 2 unspecified atom stereocenters. The lowest BCUT2D eigenvalue weighted by atomic mass is 10.0. The summed E-state index contributed by atoms with van der Waals surface area (Å²) in [6.45, 7) is 2.02. The van der Waals surface area contributed by atoms with Gasteiger partial charge in [-0.3, -0.25) is 14.9 Å². The molecule has 0 aliphatic carbocycles. The van der Waals surface area contributed by atoms with Crippen LogP contribution in [0.1, 0.15) is 5.56 Å². The molecule has 8 nitrogen and oxygen atoms in total. The van der Waals surface area contributed by atoms with E-state index in [0.29, 0.717) is 5.56 Å². The van der Waals surface area contributed by atoms with E-state index in [4.69, 9.17) is 9.84 Å². The van der Waals surface area contributed by atoms with Crippen molar-refractivity contribution in [1.82, 2.24) is 4.98 Å². The third-order valence-electron chi connectivity index (χ3n) is 3.38. The number of aliphatic carboxylic acids is 1. The van der Waals surface area contributed by atoms with Crippen LogP contribution in [-0.4, -0.2) is 47.3 Å². The highest BCUT2D eigenvalue weighted by Gasteiger charge is 2.39. The van der Waals surface area contributed by atoms with Crippen LogP contribution in [0.15, 0.2) is 12.3 Å². The van der Waals surface area contributed by atoms with E-state index in [-0.39, 0.29) is 24.7 Å². The van der Waals surface area contributed by atoms with Crippen molar-refractivity contribution in [2.45, 2.75) is 13.0 Å². The molecule has 1 fully saturated rings. The van der Waals surface area contributed by atoms with Crippen molar-refractivity contribution >= 4 is 17.5 Å². The van der Waals surface area contributed by atoms with Crippen molar-refractivity contribution in [1.29, 1.82) is 0 Å². The zero-order chi connectivity index (χ0) is 14.9. The number of carboxylic acid groups (broad SMARTS) is 1. The van der Waals surface area contributed by atoms with Gasteiger partial charge in [0, 0.05) is 19.3 Å². The molecule has 8 heteroatoms. The molecular weight excluding hydrogens is 266 g/mol. The quantitative estimate of drug-likeness (QED) is 0.643. The summed E-state index contributed by atoms with van der Waals surface area (Å²) in [7, 11) is 1.60. The summed E-state index contributed by atoms with van der Waals surface area (Å²) < 4.78 is 5.18. The van der Waals surface area contributed by atoms with Crippen LogP contribution >= 0.6 is 0 Å². The van der Waals surface area contributed by atoms with Crippen LogP contribution in [0.25, 0.3) is 0 Å². The first-order valence-corrected chi connectivity index (χ1v) is 6.06. The van der Waals surface area contributed by atoms with Crippen molar-refractivity contribution in [3.63, 3.8) is 0 Å². The Balaban J connectivity index is 2.36. The van der Waals surface area contributed by atoms with Gasteiger partial charge >= 0.3 is 11.7 Å². The van der Waals surface area contributed by atoms with Gasteiger partial charge in [0.15, 0.2) is 0 Å². The molecule has 1 saturated heterocycles. The number of nitrogens with zero attached hydrogens (tertiary/aromatic N) is 3. The Morgan fingerprint density at radius 2 is 2.30 bits per heavy atom. The number of hydrogen-bond donors (Lipinski definition) is 1. The predicted molar refractivity (Wildman–Crippen MR) is 69.8 cm³/mol. The number of rotatable bonds is 4. The van der Waals surface area contributed by atoms with Crippen LogP contribution < -0.4 is 4.90 Å². The fraction of sp³-hybridized carbons (Fsp3) is 0.500. The van der Waals surface area contributed by atoms with Gasteiger partial charge in [-0.25, -0.2) is 4.98 Å². The number of carboxylic acids is 1. The number of nitro groups is 1. The zero-order valence-electron chi connectivity index (χ0n) is 11.1. The maximum Gasteiger partial charge on any atom is 0.311 e. The second kappa shape index (κ2) is 5.41. The minimum Gasteiger partial charge on any atom is -0.481 e. The van der Waals surface area contributed by atoms with E-state index in [1.807, 2.05) is 0 Å². The van der Waals surface area contributed by atoms with Crippen LogP contribution in [0.2, 0.25) is 0 Å². The van der Waals surface area contributed by atoms with Gasteiger partial charge in [-0.2, -0.15) is 0 Å². The third-order valence-corrected chi connectivity index (χ3v) is 3.38. The van der Waals surface area contributed by atoms with E-state index in [0.717, 1.165) is 0 Å². The average molecular weight is 281 g/mol. The van der Waals surface area contributed by atoms with E-state index in [1.54, 1.807) is 14.0 Å². The molecule has 20 heavy (non-hydrogen) atoms. The topological polar surface area (TPSA) is 106 Å². The summed E-state index contributed by atoms with van der Waals surface area (Å²) in [4.78, 5) is 27.3. The lowest BCUT2D eigenvalue weighted by Crippen LogP contribution is -2.41. The van der Waals surface area contributed by atoms with Gasteiger partial charge in [0.05, 0.1) is 24.2 Å². The minimum atomic E-state index is -0.978. The molecule has 108 valence electrons. The fourth-order valence-electron chi connectivity index (χ4n) is 2.27. The Morgan fingerprint density at radius 1 is 1.60 bits per heavy atom. The van der Waals surface area contributed by atoms with Crippen LogP contribution in [0, 0.1) is 23.0 Å². The normalized spacial score (nSPS) is 21.7. The molecule has 2 heterocycles. The lowest BCUT2D eigenvalue weighted by molar-refractivity contribution is -0.384. The highest BCUT2D eigenvalue weighted by Crippen LogP contribution is 2.30. The second-order valence-electron chi connectivity index (χ2n) is 4.77. The maximum atomic E-state index is 11.2. The molecule has 1 N–H and O–H groups in total. The van der Waals surface area contributed by atoms with Crippen molar-refractivity contribution in [3.05, 3.63) is 27.9 Å². The van der Waals surface area contributed by atoms with Gasteiger partial charge in [0.25, 0.3) is 0 Å². The smallest absolute Gasteiger partial charge is 0.311 e. The summed E-state index contributed by atoms with van der Waals surface area (Å²) in [5, 5.41) is 20.2. The number of ether oxygens (including phenoxy) is 1. The SMILES string of the molecule is Cc1cnc(N(C)C2COCC2C(=O)O)c([N+](=O)[O-])c1. The summed E-state index contributed by atoms with van der Waals surface area (Å²) in [5.41, 5.74) is 0.537. The van der Waals surface area contributed by atoms with Crippen molar-refractivity contribution in [3.8, 4) is 0 Å². The number of hydrogen-bond acceptors (Lipinski definition) is 6. The lowest BCUT2D eigenvalue weighted by Gasteiger charge is -2.26. The highest BCUT2D eigenvalue weighted by molar-refractivity contribution is 5.73. The molecule has 0 saturated carbocycles. The molecule has 1 aromatic heterocycles. The van der Waals surface area contributed by atoms with E-state index in [2.05, 4.69) is 4.98 Å². The second-order valence-corrected chi connectivity index (χ2v) is 4.77. The van der Waals surface area contributed by atoms with Gasteiger partial charge in [0.2, 0.25) is 5.82 Å². The number of pyridine rings is 1. The monoisotopic (exact) mass is 281 g/mol. The van der Waals surface area contributed by atoms with Gasteiger partial charge in [-0.15, -0.1) is 0 Å². The number of likely N-dealkylation sites (N-methyl/N-ethyl adjacent to an activating group) is 1. The Labute approximate surface area is 115 Å². The van der Waals surface area contributed by atoms with Gasteiger partial charge in [-0.05, 0) is 12.5 Å². The zero-order valence-corrected chi connectivity index (χ0v) is 11.1. The summed E-state index contributed by atoms with van der Waals surface area (Å²) in [6.07, 6.45) is 1.52. The molecule has 2 atom stereocenters. The van der Waals surface area contributed by atoms with E-state index in [1.165, 1.54) is 17.2 Å². The van der Waals surface area contributed by atoms with E-state index >= 15 is 0 Å². The molecule has 0 radical (unpaired) electrons. The van der Waals surface area contributed by atoms with Crippen molar-refractivity contribution < 1.29 is 19.6 Å². The molecular formula is C12H15N3O5. The Hall–Kier alpha value is -2.22. The predicted octanol–water partition coefficient (Wildman–Crippen LogP) is 0.834. The van der Waals surface area contributed by atoms with E-state index in [9.17, 15) is 14.9 Å². The highest BCUT2D eigenvalue weighted by atomic mass is 16.6. The first-order chi connectivity index (χ1) is 9.41. The Kier molecular flexibility index (Phi) is 3.84. The number of carbonyl (C=O) groups is 1. The molecule has 0 spiro atoms. The molecule has 1 aliphatic heterocycles. The first kappa shape index (κ1) is 14.2. The number of aryl methyl sites for hydroxylation is 1. The molecule has 0 aromatic carbocycles. The summed E-state index contributed by atoms with van der Waals surface area (Å²) >= 11 is 0. The number of anilines is 1. The van der Waals surface area contributed by atoms with Crippen LogP contribution in [-0.2, 0) is 9.53 Å². The van der Waals surface area contributed by atoms with Crippen LogP contribution in [0.4, 0.5) is 11.5 Å². The Bertz CT molecular complexity index is 548. The van der Waals surface area contributed by atoms with Crippen LogP contribution in [0.3, 0.4) is 0 Å². The fourth-order valence-corrected chi connectivity index (χ4v) is 2.27. The largest absolute Gasteiger partial charge is 0.481 e. The third kappa shape index (κ3) is 2.55. The van der Waals surface area contributed by atoms with Gasteiger partial charge < -0.3 is 14.7 Å². The maximum absolute atomic E-state index is 11.2. The first-order valence-electron chi connectivity index (χ1n) is 6.06. The molecule has 1 aliphatic rings.